The summed E-state index contributed by atoms with van der Waals surface area (Å²) in [6, 6.07) is 3.54. The van der Waals surface area contributed by atoms with Crippen LogP contribution in [0.25, 0.3) is 0 Å². The molecule has 88 valence electrons. The molecule has 0 fully saturated rings. The fourth-order valence-electron chi connectivity index (χ4n) is 1.42. The third-order valence-corrected chi connectivity index (χ3v) is 2.19. The smallest absolute Gasteiger partial charge is 0.335 e. The highest BCUT2D eigenvalue weighted by atomic mass is 16.7. The zero-order valence-corrected chi connectivity index (χ0v) is 8.40. The van der Waals surface area contributed by atoms with Gasteiger partial charge in [-0.2, -0.15) is 0 Å². The first-order valence-corrected chi connectivity index (χ1v) is 4.57. The number of nitro benzene ring substituents is 1. The molecule has 0 amide bonds. The molecule has 1 aromatic rings. The summed E-state index contributed by atoms with van der Waals surface area (Å²) in [6.45, 7) is 0. The topological polar surface area (TPSA) is 98.9 Å². The van der Waals surface area contributed by atoms with Crippen LogP contribution in [0.4, 0.5) is 5.69 Å². The van der Waals surface area contributed by atoms with E-state index in [9.17, 15) is 14.9 Å². The van der Waals surface area contributed by atoms with Gasteiger partial charge < -0.3 is 14.6 Å². The minimum atomic E-state index is -1.23. The average molecular weight is 237 g/mol. The van der Waals surface area contributed by atoms with Crippen LogP contribution in [0.2, 0.25) is 0 Å². The Labute approximate surface area is 95.0 Å². The average Bonchev–Trinajstić information content (AvgIpc) is 2.81. The number of ether oxygens (including phenoxy) is 2. The molecule has 0 saturated carbocycles. The second-order valence-electron chi connectivity index (χ2n) is 3.21. The molecule has 1 N–H and O–H groups in total. The van der Waals surface area contributed by atoms with Crippen LogP contribution in [-0.4, -0.2) is 16.0 Å². The van der Waals surface area contributed by atoms with Crippen LogP contribution in [0.3, 0.4) is 0 Å². The highest BCUT2D eigenvalue weighted by Gasteiger charge is 2.27. The molecular weight excluding hydrogens is 230 g/mol. The molecule has 0 atom stereocenters. The van der Waals surface area contributed by atoms with Crippen LogP contribution >= 0.6 is 0 Å². The molecule has 1 aromatic carbocycles. The van der Waals surface area contributed by atoms with Crippen LogP contribution in [-0.2, 0) is 9.47 Å². The van der Waals surface area contributed by atoms with Gasteiger partial charge in [0.25, 0.3) is 12.0 Å². The summed E-state index contributed by atoms with van der Waals surface area (Å²) in [6.07, 6.45) is 1.62. The van der Waals surface area contributed by atoms with Crippen molar-refractivity contribution in [2.75, 3.05) is 0 Å². The second kappa shape index (κ2) is 4.12. The highest BCUT2D eigenvalue weighted by molar-refractivity contribution is 5.88. The van der Waals surface area contributed by atoms with E-state index in [0.717, 1.165) is 6.07 Å². The Kier molecular flexibility index (Phi) is 2.65. The normalized spacial score (nSPS) is 14.1. The number of hydrogen-bond donors (Lipinski definition) is 1. The van der Waals surface area contributed by atoms with Gasteiger partial charge in [0.15, 0.2) is 0 Å². The lowest BCUT2D eigenvalue weighted by molar-refractivity contribution is -0.386. The lowest BCUT2D eigenvalue weighted by atomic mass is 10.1. The lowest BCUT2D eigenvalue weighted by Crippen LogP contribution is -2.05. The Morgan fingerprint density at radius 3 is 2.53 bits per heavy atom. The van der Waals surface area contributed by atoms with Crippen molar-refractivity contribution in [3.8, 4) is 0 Å². The summed E-state index contributed by atoms with van der Waals surface area (Å²) < 4.78 is 9.95. The molecule has 0 aliphatic carbocycles. The fraction of sp³-hybridized carbons (Fsp3) is 0.100. The van der Waals surface area contributed by atoms with E-state index in [0.29, 0.717) is 0 Å². The van der Waals surface area contributed by atoms with Gasteiger partial charge in [0.05, 0.1) is 10.5 Å². The monoisotopic (exact) mass is 237 g/mol. The van der Waals surface area contributed by atoms with Gasteiger partial charge in [0.2, 0.25) is 0 Å². The predicted octanol–water partition coefficient (Wildman–Crippen LogP) is 1.81. The molecule has 0 saturated heterocycles. The van der Waals surface area contributed by atoms with Crippen molar-refractivity contribution in [2.24, 2.45) is 0 Å². The van der Waals surface area contributed by atoms with E-state index in [2.05, 4.69) is 0 Å². The summed E-state index contributed by atoms with van der Waals surface area (Å²) in [5, 5.41) is 19.6. The van der Waals surface area contributed by atoms with Gasteiger partial charge in [-0.25, -0.2) is 4.79 Å². The Balaban J connectivity index is 2.44. The molecule has 1 heterocycles. The van der Waals surface area contributed by atoms with Crippen molar-refractivity contribution < 1.29 is 24.3 Å². The fourth-order valence-corrected chi connectivity index (χ4v) is 1.42. The standard InChI is InChI=1S/C10H7NO6/c12-9(13)6-1-2-7(8(5-6)11(14)15)10-16-3-4-17-10/h1-5,10H,(H,12,13). The van der Waals surface area contributed by atoms with Crippen molar-refractivity contribution in [3.05, 3.63) is 52.0 Å². The largest absolute Gasteiger partial charge is 0.478 e. The molecular formula is C10H7NO6. The number of rotatable bonds is 3. The molecule has 17 heavy (non-hydrogen) atoms. The minimum Gasteiger partial charge on any atom is -0.478 e. The van der Waals surface area contributed by atoms with Crippen LogP contribution in [0.5, 0.6) is 0 Å². The Bertz CT molecular complexity index is 502. The second-order valence-corrected chi connectivity index (χ2v) is 3.21. The number of aromatic carboxylic acids is 1. The van der Waals surface area contributed by atoms with Gasteiger partial charge in [-0.3, -0.25) is 10.1 Å². The molecule has 2 rings (SSSR count). The SMILES string of the molecule is O=C(O)c1ccc(C2OC=CO2)c([N+](=O)[O-])c1. The van der Waals surface area contributed by atoms with E-state index in [1.54, 1.807) is 0 Å². The number of nitro groups is 1. The highest BCUT2D eigenvalue weighted by Crippen LogP contribution is 2.32. The van der Waals surface area contributed by atoms with Gasteiger partial charge in [-0.15, -0.1) is 0 Å². The van der Waals surface area contributed by atoms with E-state index in [1.165, 1.54) is 24.7 Å². The van der Waals surface area contributed by atoms with Crippen LogP contribution in [0.15, 0.2) is 30.7 Å². The number of benzene rings is 1. The molecule has 0 aromatic heterocycles. The van der Waals surface area contributed by atoms with Crippen LogP contribution < -0.4 is 0 Å². The molecule has 7 heteroatoms. The summed E-state index contributed by atoms with van der Waals surface area (Å²) in [5.41, 5.74) is -0.338. The van der Waals surface area contributed by atoms with Crippen LogP contribution in [0.1, 0.15) is 22.2 Å². The number of carboxylic acid groups (broad SMARTS) is 1. The van der Waals surface area contributed by atoms with E-state index in [-0.39, 0.29) is 16.8 Å². The summed E-state index contributed by atoms with van der Waals surface area (Å²) >= 11 is 0. The maximum atomic E-state index is 10.8. The number of nitrogens with zero attached hydrogens (tertiary/aromatic N) is 1. The van der Waals surface area contributed by atoms with Gasteiger partial charge in [-0.1, -0.05) is 0 Å². The molecule has 0 unspecified atom stereocenters. The van der Waals surface area contributed by atoms with Crippen molar-refractivity contribution in [1.29, 1.82) is 0 Å². The van der Waals surface area contributed by atoms with Gasteiger partial charge >= 0.3 is 5.97 Å². The molecule has 0 bridgehead atoms. The zero-order chi connectivity index (χ0) is 12.4. The maximum Gasteiger partial charge on any atom is 0.335 e. The van der Waals surface area contributed by atoms with E-state index in [4.69, 9.17) is 14.6 Å². The maximum absolute atomic E-state index is 10.8. The molecule has 1 aliphatic heterocycles. The van der Waals surface area contributed by atoms with Gasteiger partial charge in [0.1, 0.15) is 18.1 Å². The third-order valence-electron chi connectivity index (χ3n) is 2.19. The van der Waals surface area contributed by atoms with E-state index >= 15 is 0 Å². The van der Waals surface area contributed by atoms with Crippen molar-refractivity contribution in [2.45, 2.75) is 6.29 Å². The molecule has 7 nitrogen and oxygen atoms in total. The first-order chi connectivity index (χ1) is 8.09. The van der Waals surface area contributed by atoms with Gasteiger partial charge in [-0.05, 0) is 12.1 Å². The number of carbonyl (C=O) groups is 1. The summed E-state index contributed by atoms with van der Waals surface area (Å²) in [5.74, 6) is -1.23. The first kappa shape index (κ1) is 10.9. The number of carboxylic acids is 1. The minimum absolute atomic E-state index is 0.161. The molecule has 1 aliphatic rings. The molecule has 0 radical (unpaired) electrons. The Morgan fingerprint density at radius 2 is 2.00 bits per heavy atom. The summed E-state index contributed by atoms with van der Waals surface area (Å²) in [4.78, 5) is 20.9. The summed E-state index contributed by atoms with van der Waals surface area (Å²) in [7, 11) is 0. The van der Waals surface area contributed by atoms with E-state index < -0.39 is 17.2 Å². The van der Waals surface area contributed by atoms with Crippen molar-refractivity contribution in [3.63, 3.8) is 0 Å². The predicted molar refractivity (Wildman–Crippen MR) is 54.1 cm³/mol. The Hall–Kier alpha value is -2.57. The zero-order valence-electron chi connectivity index (χ0n) is 8.40. The Morgan fingerprint density at radius 1 is 1.35 bits per heavy atom. The van der Waals surface area contributed by atoms with Gasteiger partial charge in [0, 0.05) is 6.07 Å². The molecule has 0 spiro atoms. The number of hydrogen-bond acceptors (Lipinski definition) is 5. The van der Waals surface area contributed by atoms with Crippen molar-refractivity contribution in [1.82, 2.24) is 0 Å². The van der Waals surface area contributed by atoms with Crippen molar-refractivity contribution >= 4 is 11.7 Å². The van der Waals surface area contributed by atoms with E-state index in [1.807, 2.05) is 0 Å². The first-order valence-electron chi connectivity index (χ1n) is 4.57. The third kappa shape index (κ3) is 2.03. The lowest BCUT2D eigenvalue weighted by Gasteiger charge is -2.10. The quantitative estimate of drug-likeness (QED) is 0.635. The van der Waals surface area contributed by atoms with Crippen LogP contribution in [0, 0.1) is 10.1 Å².